The van der Waals surface area contributed by atoms with Crippen LogP contribution in [-0.4, -0.2) is 19.3 Å². The van der Waals surface area contributed by atoms with Crippen molar-refractivity contribution < 1.29 is 0 Å². The summed E-state index contributed by atoms with van der Waals surface area (Å²) in [5.41, 5.74) is 8.56. The summed E-state index contributed by atoms with van der Waals surface area (Å²) >= 11 is 0. The first kappa shape index (κ1) is 10.6. The summed E-state index contributed by atoms with van der Waals surface area (Å²) < 4.78 is 3.67. The summed E-state index contributed by atoms with van der Waals surface area (Å²) in [5.74, 6) is 0.789. The predicted molar refractivity (Wildman–Crippen MR) is 70.2 cm³/mol. The number of nitrogens with two attached hydrogens (primary N) is 1. The number of nitrogen functional groups attached to an aromatic ring is 1. The van der Waals surface area contributed by atoms with Gasteiger partial charge in [-0.15, -0.1) is 0 Å². The number of benzene rings is 1. The third kappa shape index (κ3) is 1.75. The van der Waals surface area contributed by atoms with Crippen molar-refractivity contribution in [3.05, 3.63) is 49.1 Å². The van der Waals surface area contributed by atoms with Crippen molar-refractivity contribution in [1.29, 1.82) is 0 Å². The van der Waals surface area contributed by atoms with Crippen LogP contribution in [0, 0.1) is 0 Å². The molecule has 0 unspecified atom stereocenters. The Morgan fingerprint density at radius 3 is 2.56 bits per heavy atom. The monoisotopic (exact) mass is 239 g/mol. The minimum Gasteiger partial charge on any atom is -0.399 e. The zero-order chi connectivity index (χ0) is 12.5. The summed E-state index contributed by atoms with van der Waals surface area (Å²) in [4.78, 5) is 4.25. The minimum atomic E-state index is 0.759. The zero-order valence-electron chi connectivity index (χ0n) is 9.99. The normalized spacial score (nSPS) is 10.7. The van der Waals surface area contributed by atoms with E-state index in [4.69, 9.17) is 5.73 Å². The van der Waals surface area contributed by atoms with E-state index in [1.54, 1.807) is 10.9 Å². The SMILES string of the molecule is Cn1ccnc1-n1cc(-c2ccc(N)cc2)cn1. The van der Waals surface area contributed by atoms with Gasteiger partial charge in [0.2, 0.25) is 5.95 Å². The Kier molecular flexibility index (Phi) is 2.37. The van der Waals surface area contributed by atoms with E-state index in [2.05, 4.69) is 10.1 Å². The summed E-state index contributed by atoms with van der Waals surface area (Å²) in [6, 6.07) is 7.73. The molecule has 5 nitrogen and oxygen atoms in total. The van der Waals surface area contributed by atoms with Gasteiger partial charge in [0.15, 0.2) is 0 Å². The number of hydrogen-bond acceptors (Lipinski definition) is 3. The molecule has 5 heteroatoms. The fraction of sp³-hybridized carbons (Fsp3) is 0.0769. The molecule has 0 fully saturated rings. The quantitative estimate of drug-likeness (QED) is 0.694. The van der Waals surface area contributed by atoms with Crippen LogP contribution in [0.4, 0.5) is 5.69 Å². The molecule has 0 bridgehead atoms. The van der Waals surface area contributed by atoms with Crippen LogP contribution in [0.25, 0.3) is 17.1 Å². The molecule has 3 rings (SSSR count). The molecule has 0 saturated carbocycles. The number of rotatable bonds is 2. The van der Waals surface area contributed by atoms with E-state index in [0.717, 1.165) is 22.8 Å². The average molecular weight is 239 g/mol. The lowest BCUT2D eigenvalue weighted by Crippen LogP contribution is -2.02. The fourth-order valence-electron chi connectivity index (χ4n) is 1.84. The highest BCUT2D eigenvalue weighted by molar-refractivity contribution is 5.64. The molecular formula is C13H13N5. The lowest BCUT2D eigenvalue weighted by atomic mass is 10.1. The van der Waals surface area contributed by atoms with Crippen LogP contribution in [0.2, 0.25) is 0 Å². The molecule has 0 radical (unpaired) electrons. The van der Waals surface area contributed by atoms with Gasteiger partial charge in [-0.05, 0) is 17.7 Å². The highest BCUT2D eigenvalue weighted by atomic mass is 15.4. The van der Waals surface area contributed by atoms with E-state index < -0.39 is 0 Å². The largest absolute Gasteiger partial charge is 0.399 e. The van der Waals surface area contributed by atoms with Crippen molar-refractivity contribution in [3.8, 4) is 17.1 Å². The Morgan fingerprint density at radius 2 is 1.89 bits per heavy atom. The molecule has 1 aromatic carbocycles. The van der Waals surface area contributed by atoms with Crippen molar-refractivity contribution in [2.24, 2.45) is 7.05 Å². The average Bonchev–Trinajstić information content (AvgIpc) is 2.98. The maximum Gasteiger partial charge on any atom is 0.230 e. The van der Waals surface area contributed by atoms with Gasteiger partial charge in [-0.2, -0.15) is 5.10 Å². The Bertz CT molecular complexity index is 663. The number of aryl methyl sites for hydroxylation is 1. The van der Waals surface area contributed by atoms with Crippen LogP contribution in [0.15, 0.2) is 49.1 Å². The molecule has 90 valence electrons. The second-order valence-electron chi connectivity index (χ2n) is 4.13. The van der Waals surface area contributed by atoms with Crippen LogP contribution in [0.5, 0.6) is 0 Å². The second kappa shape index (κ2) is 4.03. The lowest BCUT2D eigenvalue weighted by Gasteiger charge is -2.00. The second-order valence-corrected chi connectivity index (χ2v) is 4.13. The van der Waals surface area contributed by atoms with Crippen molar-refractivity contribution in [3.63, 3.8) is 0 Å². The van der Waals surface area contributed by atoms with Crippen molar-refractivity contribution in [2.45, 2.75) is 0 Å². The highest BCUT2D eigenvalue weighted by Gasteiger charge is 2.06. The van der Waals surface area contributed by atoms with Crippen LogP contribution < -0.4 is 5.73 Å². The highest BCUT2D eigenvalue weighted by Crippen LogP contribution is 2.20. The molecule has 2 heterocycles. The molecule has 0 aliphatic heterocycles. The van der Waals surface area contributed by atoms with Gasteiger partial charge in [-0.1, -0.05) is 12.1 Å². The topological polar surface area (TPSA) is 61.7 Å². The van der Waals surface area contributed by atoms with E-state index in [0.29, 0.717) is 0 Å². The van der Waals surface area contributed by atoms with E-state index in [9.17, 15) is 0 Å². The van der Waals surface area contributed by atoms with Gasteiger partial charge in [-0.25, -0.2) is 9.67 Å². The molecule has 2 N–H and O–H groups in total. The van der Waals surface area contributed by atoms with E-state index in [1.807, 2.05) is 54.5 Å². The molecular weight excluding hydrogens is 226 g/mol. The molecule has 0 atom stereocenters. The first-order chi connectivity index (χ1) is 8.74. The molecule has 0 spiro atoms. The number of imidazole rings is 1. The maximum absolute atomic E-state index is 5.67. The molecule has 2 aromatic heterocycles. The summed E-state index contributed by atoms with van der Waals surface area (Å²) in [6.07, 6.45) is 7.41. The summed E-state index contributed by atoms with van der Waals surface area (Å²) in [7, 11) is 1.94. The number of aromatic nitrogens is 4. The van der Waals surface area contributed by atoms with Gasteiger partial charge >= 0.3 is 0 Å². The molecule has 0 aliphatic carbocycles. The summed E-state index contributed by atoms with van der Waals surface area (Å²) in [5, 5.41) is 4.32. The van der Waals surface area contributed by atoms with Crippen LogP contribution in [-0.2, 0) is 7.05 Å². The fourth-order valence-corrected chi connectivity index (χ4v) is 1.84. The predicted octanol–water partition coefficient (Wildman–Crippen LogP) is 1.85. The number of anilines is 1. The Balaban J connectivity index is 1.99. The molecule has 0 amide bonds. The lowest BCUT2D eigenvalue weighted by molar-refractivity contribution is 0.750. The van der Waals surface area contributed by atoms with Gasteiger partial charge in [0.1, 0.15) is 0 Å². The van der Waals surface area contributed by atoms with E-state index >= 15 is 0 Å². The number of hydrogen-bond donors (Lipinski definition) is 1. The Labute approximate surface area is 104 Å². The Morgan fingerprint density at radius 1 is 1.11 bits per heavy atom. The van der Waals surface area contributed by atoms with Gasteiger partial charge in [0, 0.05) is 36.9 Å². The van der Waals surface area contributed by atoms with Gasteiger partial charge in [0.25, 0.3) is 0 Å². The van der Waals surface area contributed by atoms with Gasteiger partial charge < -0.3 is 10.3 Å². The molecule has 3 aromatic rings. The molecule has 18 heavy (non-hydrogen) atoms. The maximum atomic E-state index is 5.67. The summed E-state index contributed by atoms with van der Waals surface area (Å²) in [6.45, 7) is 0. The zero-order valence-corrected chi connectivity index (χ0v) is 9.99. The van der Waals surface area contributed by atoms with Gasteiger partial charge in [-0.3, -0.25) is 0 Å². The first-order valence-electron chi connectivity index (χ1n) is 5.62. The van der Waals surface area contributed by atoms with Gasteiger partial charge in [0.05, 0.1) is 6.20 Å². The third-order valence-corrected chi connectivity index (χ3v) is 2.83. The Hall–Kier alpha value is -2.56. The first-order valence-corrected chi connectivity index (χ1v) is 5.62. The molecule has 0 saturated heterocycles. The van der Waals surface area contributed by atoms with Crippen molar-refractivity contribution in [1.82, 2.24) is 19.3 Å². The number of nitrogens with zero attached hydrogens (tertiary/aromatic N) is 4. The van der Waals surface area contributed by atoms with Crippen LogP contribution in [0.1, 0.15) is 0 Å². The van der Waals surface area contributed by atoms with E-state index in [-0.39, 0.29) is 0 Å². The van der Waals surface area contributed by atoms with Crippen molar-refractivity contribution >= 4 is 5.69 Å². The standard InChI is InChI=1S/C13H13N5/c1-17-7-6-15-13(17)18-9-11(8-16-18)10-2-4-12(14)5-3-10/h2-9H,14H2,1H3. The van der Waals surface area contributed by atoms with E-state index in [1.165, 1.54) is 0 Å². The minimum absolute atomic E-state index is 0.759. The van der Waals surface area contributed by atoms with Crippen molar-refractivity contribution in [2.75, 3.05) is 5.73 Å². The van der Waals surface area contributed by atoms with Crippen LogP contribution >= 0.6 is 0 Å². The smallest absolute Gasteiger partial charge is 0.230 e. The molecule has 0 aliphatic rings. The third-order valence-electron chi connectivity index (χ3n) is 2.83. The van der Waals surface area contributed by atoms with Crippen LogP contribution in [0.3, 0.4) is 0 Å².